The number of ketones is 1. The van der Waals surface area contributed by atoms with Crippen LogP contribution in [0.4, 0.5) is 5.69 Å². The molecule has 0 heterocycles. The Bertz CT molecular complexity index is 547. The number of Topliss-reactive ketones (excluding diaryl/α,β-unsaturated/α-hetero) is 1. The van der Waals surface area contributed by atoms with Gasteiger partial charge in [-0.3, -0.25) is 4.79 Å². The van der Waals surface area contributed by atoms with Crippen molar-refractivity contribution in [2.24, 2.45) is 4.99 Å². The predicted molar refractivity (Wildman–Crippen MR) is 67.0 cm³/mol. The van der Waals surface area contributed by atoms with Gasteiger partial charge in [-0.15, -0.1) is 0 Å². The van der Waals surface area contributed by atoms with Crippen molar-refractivity contribution >= 4 is 17.7 Å². The second-order valence-electron chi connectivity index (χ2n) is 3.48. The fraction of sp³-hybridized carbons (Fsp3) is 0. The summed E-state index contributed by atoms with van der Waals surface area (Å²) in [5, 5.41) is 9.47. The van der Waals surface area contributed by atoms with Gasteiger partial charge in [0.1, 0.15) is 11.4 Å². The van der Waals surface area contributed by atoms with Gasteiger partial charge in [0.15, 0.2) is 0 Å². The zero-order chi connectivity index (χ0) is 12.1. The van der Waals surface area contributed by atoms with E-state index < -0.39 is 0 Å². The quantitative estimate of drug-likeness (QED) is 0.644. The highest BCUT2D eigenvalue weighted by molar-refractivity contribution is 6.35. The molecule has 17 heavy (non-hydrogen) atoms. The van der Waals surface area contributed by atoms with Gasteiger partial charge in [-0.1, -0.05) is 42.5 Å². The molecular weight excluding hydrogens is 214 g/mol. The molecule has 3 nitrogen and oxygen atoms in total. The summed E-state index contributed by atoms with van der Waals surface area (Å²) in [5.41, 5.74) is 0.962. The maximum atomic E-state index is 11.7. The van der Waals surface area contributed by atoms with Crippen LogP contribution in [0.25, 0.3) is 0 Å². The van der Waals surface area contributed by atoms with E-state index in [0.29, 0.717) is 11.3 Å². The summed E-state index contributed by atoms with van der Waals surface area (Å²) in [6, 6.07) is 15.5. The number of phenols is 1. The third kappa shape index (κ3) is 2.78. The fourth-order valence-corrected chi connectivity index (χ4v) is 1.38. The lowest BCUT2D eigenvalue weighted by molar-refractivity contribution is 0.107. The van der Waals surface area contributed by atoms with Crippen LogP contribution in [0.1, 0.15) is 10.4 Å². The normalized spacial score (nSPS) is 10.6. The number of hydrogen-bond donors (Lipinski definition) is 1. The van der Waals surface area contributed by atoms with Gasteiger partial charge in [-0.05, 0) is 12.1 Å². The van der Waals surface area contributed by atoms with Gasteiger partial charge >= 0.3 is 0 Å². The number of rotatable bonds is 3. The number of para-hydroxylation sites is 2. The molecule has 3 heteroatoms. The Morgan fingerprint density at radius 3 is 2.35 bits per heavy atom. The van der Waals surface area contributed by atoms with Gasteiger partial charge in [-0.2, -0.15) is 0 Å². The lowest BCUT2D eigenvalue weighted by Crippen LogP contribution is -1.98. The van der Waals surface area contributed by atoms with Crippen molar-refractivity contribution in [1.82, 2.24) is 0 Å². The molecule has 0 saturated carbocycles. The van der Waals surface area contributed by atoms with Crippen LogP contribution in [0.5, 0.6) is 5.75 Å². The lowest BCUT2D eigenvalue weighted by atomic mass is 10.1. The van der Waals surface area contributed by atoms with Crippen LogP contribution >= 0.6 is 0 Å². The predicted octanol–water partition coefficient (Wildman–Crippen LogP) is 2.98. The third-order valence-corrected chi connectivity index (χ3v) is 2.26. The Kier molecular flexibility index (Phi) is 3.31. The molecule has 0 amide bonds. The molecule has 0 spiro atoms. The summed E-state index contributed by atoms with van der Waals surface area (Å²) in [6.45, 7) is 0. The first-order chi connectivity index (χ1) is 8.27. The van der Waals surface area contributed by atoms with Crippen molar-refractivity contribution in [2.75, 3.05) is 0 Å². The number of carbonyl (C=O) groups is 1. The van der Waals surface area contributed by atoms with Crippen molar-refractivity contribution in [1.29, 1.82) is 0 Å². The molecule has 84 valence electrons. The number of aliphatic imine (C=N–C) groups is 1. The van der Waals surface area contributed by atoms with Crippen LogP contribution in [-0.4, -0.2) is 17.1 Å². The van der Waals surface area contributed by atoms with E-state index in [2.05, 4.69) is 4.99 Å². The molecule has 2 aromatic carbocycles. The topological polar surface area (TPSA) is 49.7 Å². The number of nitrogens with zero attached hydrogens (tertiary/aromatic N) is 1. The number of phenolic OH excluding ortho intramolecular Hbond substituents is 1. The van der Waals surface area contributed by atoms with Gasteiger partial charge in [-0.25, -0.2) is 4.99 Å². The van der Waals surface area contributed by atoms with Crippen molar-refractivity contribution in [3.05, 3.63) is 60.2 Å². The van der Waals surface area contributed by atoms with Crippen molar-refractivity contribution in [2.45, 2.75) is 0 Å². The molecule has 0 aromatic heterocycles. The van der Waals surface area contributed by atoms with Crippen LogP contribution in [0, 0.1) is 0 Å². The first-order valence-electron chi connectivity index (χ1n) is 5.19. The van der Waals surface area contributed by atoms with Crippen molar-refractivity contribution in [3.63, 3.8) is 0 Å². The molecule has 0 atom stereocenters. The first-order valence-corrected chi connectivity index (χ1v) is 5.19. The van der Waals surface area contributed by atoms with Crippen LogP contribution in [-0.2, 0) is 0 Å². The van der Waals surface area contributed by atoms with E-state index in [0.717, 1.165) is 0 Å². The van der Waals surface area contributed by atoms with E-state index in [4.69, 9.17) is 0 Å². The Balaban J connectivity index is 2.17. The van der Waals surface area contributed by atoms with Gasteiger partial charge in [0.2, 0.25) is 5.78 Å². The van der Waals surface area contributed by atoms with Crippen LogP contribution in [0.3, 0.4) is 0 Å². The molecule has 0 bridgehead atoms. The number of hydrogen-bond acceptors (Lipinski definition) is 3. The monoisotopic (exact) mass is 225 g/mol. The van der Waals surface area contributed by atoms with Crippen LogP contribution in [0.15, 0.2) is 59.6 Å². The largest absolute Gasteiger partial charge is 0.506 e. The minimum atomic E-state index is -0.186. The average molecular weight is 225 g/mol. The van der Waals surface area contributed by atoms with Gasteiger partial charge < -0.3 is 5.11 Å². The van der Waals surface area contributed by atoms with E-state index in [9.17, 15) is 9.90 Å². The van der Waals surface area contributed by atoms with E-state index in [1.807, 2.05) is 6.07 Å². The van der Waals surface area contributed by atoms with Crippen LogP contribution < -0.4 is 0 Å². The Hall–Kier alpha value is -2.42. The molecule has 1 N–H and O–H groups in total. The second kappa shape index (κ2) is 5.07. The molecule has 2 aromatic rings. The molecule has 0 aliphatic heterocycles. The molecule has 0 unspecified atom stereocenters. The highest BCUT2D eigenvalue weighted by atomic mass is 16.3. The lowest BCUT2D eigenvalue weighted by Gasteiger charge is -1.97. The Labute approximate surface area is 99.1 Å². The second-order valence-corrected chi connectivity index (χ2v) is 3.48. The molecule has 0 saturated heterocycles. The van der Waals surface area contributed by atoms with E-state index in [-0.39, 0.29) is 11.5 Å². The van der Waals surface area contributed by atoms with Crippen LogP contribution in [0.2, 0.25) is 0 Å². The number of benzene rings is 2. The van der Waals surface area contributed by atoms with Gasteiger partial charge in [0.25, 0.3) is 0 Å². The zero-order valence-corrected chi connectivity index (χ0v) is 9.08. The number of aromatic hydroxyl groups is 1. The summed E-state index contributed by atoms with van der Waals surface area (Å²) < 4.78 is 0. The zero-order valence-electron chi connectivity index (χ0n) is 9.08. The molecule has 2 rings (SSSR count). The standard InChI is InChI=1S/C14H11NO2/c16-13-9-5-4-8-12(13)15-10-14(17)11-6-2-1-3-7-11/h1-10,16H. The van der Waals surface area contributed by atoms with Gasteiger partial charge in [0.05, 0.1) is 6.21 Å². The third-order valence-electron chi connectivity index (χ3n) is 2.26. The summed E-state index contributed by atoms with van der Waals surface area (Å²) in [4.78, 5) is 15.7. The summed E-state index contributed by atoms with van der Waals surface area (Å²) in [7, 11) is 0. The maximum Gasteiger partial charge on any atom is 0.204 e. The Morgan fingerprint density at radius 1 is 1.00 bits per heavy atom. The molecular formula is C14H11NO2. The fourth-order valence-electron chi connectivity index (χ4n) is 1.38. The minimum absolute atomic E-state index is 0.0598. The highest BCUT2D eigenvalue weighted by Gasteiger charge is 2.01. The van der Waals surface area contributed by atoms with Gasteiger partial charge in [0, 0.05) is 5.56 Å². The summed E-state index contributed by atoms with van der Waals surface area (Å²) in [5.74, 6) is -0.126. The SMILES string of the molecule is O=C(C=Nc1ccccc1O)c1ccccc1. The highest BCUT2D eigenvalue weighted by Crippen LogP contribution is 2.24. The Morgan fingerprint density at radius 2 is 1.65 bits per heavy atom. The van der Waals surface area contributed by atoms with E-state index >= 15 is 0 Å². The number of carbonyl (C=O) groups excluding carboxylic acids is 1. The molecule has 0 fully saturated rings. The summed E-state index contributed by atoms with van der Waals surface area (Å²) in [6.07, 6.45) is 1.21. The molecule has 0 aliphatic rings. The minimum Gasteiger partial charge on any atom is -0.506 e. The maximum absolute atomic E-state index is 11.7. The van der Waals surface area contributed by atoms with Crippen molar-refractivity contribution < 1.29 is 9.90 Å². The molecule has 0 radical (unpaired) electrons. The smallest absolute Gasteiger partial charge is 0.204 e. The van der Waals surface area contributed by atoms with E-state index in [1.165, 1.54) is 12.3 Å². The van der Waals surface area contributed by atoms with Crippen molar-refractivity contribution in [3.8, 4) is 5.75 Å². The average Bonchev–Trinajstić information content (AvgIpc) is 2.38. The van der Waals surface area contributed by atoms with E-state index in [1.54, 1.807) is 42.5 Å². The first kappa shape index (κ1) is 11.1. The molecule has 0 aliphatic carbocycles. The summed E-state index contributed by atoms with van der Waals surface area (Å²) >= 11 is 0.